The number of ether oxygens (including phenoxy) is 1. The lowest BCUT2D eigenvalue weighted by atomic mass is 9.90. The number of hydrogen-bond donors (Lipinski definition) is 1. The SMILES string of the molecule is Fc1ccccc1CC1CCN(Cc2cnc(NCC3CCCO3)nc2)CC1. The van der Waals surface area contributed by atoms with Gasteiger partial charge in [-0.25, -0.2) is 14.4 Å². The van der Waals surface area contributed by atoms with Crippen LogP contribution in [0.3, 0.4) is 0 Å². The maximum atomic E-state index is 13.8. The van der Waals surface area contributed by atoms with Gasteiger partial charge in [-0.05, 0) is 62.7 Å². The summed E-state index contributed by atoms with van der Waals surface area (Å²) in [6.07, 6.45) is 9.42. The van der Waals surface area contributed by atoms with Gasteiger partial charge in [-0.15, -0.1) is 0 Å². The molecule has 0 bridgehead atoms. The van der Waals surface area contributed by atoms with E-state index in [1.807, 2.05) is 24.5 Å². The first-order chi connectivity index (χ1) is 13.8. The average Bonchev–Trinajstić information content (AvgIpc) is 3.24. The predicted molar refractivity (Wildman–Crippen MR) is 108 cm³/mol. The minimum Gasteiger partial charge on any atom is -0.376 e. The van der Waals surface area contributed by atoms with Crippen molar-refractivity contribution >= 4 is 5.95 Å². The summed E-state index contributed by atoms with van der Waals surface area (Å²) in [5.41, 5.74) is 1.98. The summed E-state index contributed by atoms with van der Waals surface area (Å²) in [5, 5.41) is 3.26. The van der Waals surface area contributed by atoms with E-state index in [2.05, 4.69) is 20.2 Å². The van der Waals surface area contributed by atoms with E-state index >= 15 is 0 Å². The summed E-state index contributed by atoms with van der Waals surface area (Å²) >= 11 is 0. The smallest absolute Gasteiger partial charge is 0.222 e. The molecule has 0 amide bonds. The number of hydrogen-bond acceptors (Lipinski definition) is 5. The molecule has 6 heteroatoms. The summed E-state index contributed by atoms with van der Waals surface area (Å²) in [7, 11) is 0. The van der Waals surface area contributed by atoms with E-state index in [0.717, 1.165) is 76.0 Å². The normalized spacial score (nSPS) is 21.1. The van der Waals surface area contributed by atoms with Crippen LogP contribution in [0.2, 0.25) is 0 Å². The number of nitrogens with one attached hydrogen (secondary N) is 1. The first-order valence-corrected chi connectivity index (χ1v) is 10.4. The fourth-order valence-corrected chi connectivity index (χ4v) is 4.12. The molecule has 0 saturated carbocycles. The van der Waals surface area contributed by atoms with E-state index in [0.29, 0.717) is 11.9 Å². The van der Waals surface area contributed by atoms with E-state index in [1.165, 1.54) is 0 Å². The largest absolute Gasteiger partial charge is 0.376 e. The maximum absolute atomic E-state index is 13.8. The third-order valence-electron chi connectivity index (χ3n) is 5.80. The lowest BCUT2D eigenvalue weighted by Gasteiger charge is -2.32. The molecule has 0 radical (unpaired) electrons. The fraction of sp³-hybridized carbons (Fsp3) is 0.545. The van der Waals surface area contributed by atoms with Gasteiger partial charge in [0, 0.05) is 37.7 Å². The zero-order chi connectivity index (χ0) is 19.2. The maximum Gasteiger partial charge on any atom is 0.222 e. The van der Waals surface area contributed by atoms with Gasteiger partial charge in [-0.2, -0.15) is 0 Å². The van der Waals surface area contributed by atoms with Crippen LogP contribution in [-0.2, 0) is 17.7 Å². The quantitative estimate of drug-likeness (QED) is 0.790. The molecular formula is C22H29FN4O. The highest BCUT2D eigenvalue weighted by Crippen LogP contribution is 2.24. The Morgan fingerprint density at radius 3 is 2.61 bits per heavy atom. The predicted octanol–water partition coefficient (Wildman–Crippen LogP) is 3.66. The van der Waals surface area contributed by atoms with E-state index in [4.69, 9.17) is 4.74 Å². The molecule has 2 fully saturated rings. The zero-order valence-electron chi connectivity index (χ0n) is 16.3. The molecule has 3 heterocycles. The Kier molecular flexibility index (Phi) is 6.49. The number of anilines is 1. The van der Waals surface area contributed by atoms with Gasteiger partial charge in [0.1, 0.15) is 5.82 Å². The van der Waals surface area contributed by atoms with Crippen molar-refractivity contribution in [2.75, 3.05) is 31.6 Å². The van der Waals surface area contributed by atoms with Crippen molar-refractivity contribution in [1.29, 1.82) is 0 Å². The Morgan fingerprint density at radius 1 is 1.11 bits per heavy atom. The molecule has 2 aliphatic rings. The van der Waals surface area contributed by atoms with Crippen molar-refractivity contribution in [3.05, 3.63) is 53.6 Å². The Labute approximate surface area is 166 Å². The fourth-order valence-electron chi connectivity index (χ4n) is 4.12. The van der Waals surface area contributed by atoms with Crippen molar-refractivity contribution < 1.29 is 9.13 Å². The summed E-state index contributed by atoms with van der Waals surface area (Å²) in [6.45, 7) is 4.59. The minimum absolute atomic E-state index is 0.0738. The number of nitrogens with zero attached hydrogens (tertiary/aromatic N) is 3. The van der Waals surface area contributed by atoms with Crippen LogP contribution in [0.5, 0.6) is 0 Å². The van der Waals surface area contributed by atoms with Crippen LogP contribution in [0.4, 0.5) is 10.3 Å². The number of aromatic nitrogens is 2. The molecule has 2 aromatic rings. The number of piperidine rings is 1. The van der Waals surface area contributed by atoms with Crippen molar-refractivity contribution in [3.63, 3.8) is 0 Å². The van der Waals surface area contributed by atoms with E-state index in [-0.39, 0.29) is 11.9 Å². The molecule has 150 valence electrons. The summed E-state index contributed by atoms with van der Waals surface area (Å²) in [6, 6.07) is 7.15. The van der Waals surface area contributed by atoms with Crippen molar-refractivity contribution in [2.45, 2.75) is 44.8 Å². The molecule has 1 aromatic carbocycles. The van der Waals surface area contributed by atoms with E-state index in [9.17, 15) is 4.39 Å². The zero-order valence-corrected chi connectivity index (χ0v) is 16.3. The number of likely N-dealkylation sites (tertiary alicyclic amines) is 1. The van der Waals surface area contributed by atoms with Gasteiger partial charge in [0.05, 0.1) is 6.10 Å². The molecule has 2 saturated heterocycles. The molecular weight excluding hydrogens is 355 g/mol. The highest BCUT2D eigenvalue weighted by atomic mass is 19.1. The summed E-state index contributed by atoms with van der Waals surface area (Å²) < 4.78 is 19.5. The van der Waals surface area contributed by atoms with Gasteiger partial charge in [0.25, 0.3) is 0 Å². The van der Waals surface area contributed by atoms with E-state index in [1.54, 1.807) is 12.1 Å². The molecule has 1 atom stereocenters. The van der Waals surface area contributed by atoms with Crippen LogP contribution in [0.25, 0.3) is 0 Å². The Bertz CT molecular complexity index is 740. The third-order valence-corrected chi connectivity index (χ3v) is 5.80. The van der Waals surface area contributed by atoms with E-state index < -0.39 is 0 Å². The first kappa shape index (κ1) is 19.3. The molecule has 1 aromatic heterocycles. The van der Waals surface area contributed by atoms with Gasteiger partial charge < -0.3 is 10.1 Å². The molecule has 1 N–H and O–H groups in total. The lowest BCUT2D eigenvalue weighted by Crippen LogP contribution is -2.34. The van der Waals surface area contributed by atoms with Crippen LogP contribution in [0.1, 0.15) is 36.8 Å². The van der Waals surface area contributed by atoms with Gasteiger partial charge in [0.15, 0.2) is 0 Å². The topological polar surface area (TPSA) is 50.3 Å². The van der Waals surface area contributed by atoms with Gasteiger partial charge >= 0.3 is 0 Å². The second-order valence-electron chi connectivity index (χ2n) is 7.95. The Morgan fingerprint density at radius 2 is 1.89 bits per heavy atom. The monoisotopic (exact) mass is 384 g/mol. The van der Waals surface area contributed by atoms with Gasteiger partial charge in [-0.1, -0.05) is 18.2 Å². The second kappa shape index (κ2) is 9.43. The highest BCUT2D eigenvalue weighted by molar-refractivity contribution is 5.25. The van der Waals surface area contributed by atoms with Crippen molar-refractivity contribution in [2.24, 2.45) is 5.92 Å². The number of rotatable bonds is 7. The number of halogens is 1. The van der Waals surface area contributed by atoms with Crippen molar-refractivity contribution in [1.82, 2.24) is 14.9 Å². The second-order valence-corrected chi connectivity index (χ2v) is 7.95. The summed E-state index contributed by atoms with van der Waals surface area (Å²) in [4.78, 5) is 11.3. The van der Waals surface area contributed by atoms with Crippen LogP contribution in [-0.4, -0.2) is 47.2 Å². The highest BCUT2D eigenvalue weighted by Gasteiger charge is 2.21. The third kappa shape index (κ3) is 5.26. The molecule has 0 aliphatic carbocycles. The van der Waals surface area contributed by atoms with Gasteiger partial charge in [-0.3, -0.25) is 4.90 Å². The Hall–Kier alpha value is -2.05. The molecule has 0 spiro atoms. The molecule has 5 nitrogen and oxygen atoms in total. The molecule has 28 heavy (non-hydrogen) atoms. The Balaban J connectivity index is 1.20. The molecule has 2 aliphatic heterocycles. The number of benzene rings is 1. The lowest BCUT2D eigenvalue weighted by molar-refractivity contribution is 0.120. The average molecular weight is 384 g/mol. The van der Waals surface area contributed by atoms with Crippen LogP contribution >= 0.6 is 0 Å². The minimum atomic E-state index is -0.0738. The van der Waals surface area contributed by atoms with Crippen LogP contribution in [0, 0.1) is 11.7 Å². The molecule has 4 rings (SSSR count). The first-order valence-electron chi connectivity index (χ1n) is 10.4. The standard InChI is InChI=1S/C22H29FN4O/c23-21-6-2-1-4-19(21)12-17-7-9-27(10-8-17)16-18-13-24-22(25-14-18)26-15-20-5-3-11-28-20/h1-2,4,6,13-14,17,20H,3,5,7-12,15-16H2,(H,24,25,26). The van der Waals surface area contributed by atoms with Crippen LogP contribution < -0.4 is 5.32 Å². The van der Waals surface area contributed by atoms with Crippen molar-refractivity contribution in [3.8, 4) is 0 Å². The van der Waals surface area contributed by atoms with Crippen LogP contribution in [0.15, 0.2) is 36.7 Å². The van der Waals surface area contributed by atoms with Gasteiger partial charge in [0.2, 0.25) is 5.95 Å². The summed E-state index contributed by atoms with van der Waals surface area (Å²) in [5.74, 6) is 1.16. The molecule has 1 unspecified atom stereocenters.